The number of allylic oxidation sites excluding steroid dienone is 2. The molecule has 0 amide bonds. The molecule has 0 radical (unpaired) electrons. The van der Waals surface area contributed by atoms with Gasteiger partial charge in [0.2, 0.25) is 15.6 Å². The van der Waals surface area contributed by atoms with Crippen molar-refractivity contribution in [2.45, 2.75) is 23.6 Å². The number of Topliss-reactive ketones (excluding diaryl/α,β-unsaturated/α-hetero) is 1. The number of hydrogen-bond donors (Lipinski definition) is 0. The minimum Gasteiger partial charge on any atom is -0.288 e. The van der Waals surface area contributed by atoms with Crippen molar-refractivity contribution in [1.29, 1.82) is 0 Å². The number of hydrogen-bond acceptors (Lipinski definition) is 5. The molecule has 0 fully saturated rings. The SMILES string of the molecule is Cc1ccc(S(=O)(=O)/N=C2/C=C(S(=O)(=O)c3ccc(C)cc3)C(=O)c3ccccc32)cc1. The first kappa shape index (κ1) is 21.9. The zero-order chi connectivity index (χ0) is 23.1. The molecule has 1 aliphatic rings. The molecule has 162 valence electrons. The molecule has 3 aromatic carbocycles. The fourth-order valence-corrected chi connectivity index (χ4v) is 5.68. The third-order valence-corrected chi connectivity index (χ3v) is 8.18. The Labute approximate surface area is 186 Å². The first-order chi connectivity index (χ1) is 15.1. The Morgan fingerprint density at radius 3 is 1.72 bits per heavy atom. The number of sulfonamides is 1. The van der Waals surface area contributed by atoms with E-state index in [1.54, 1.807) is 42.5 Å². The van der Waals surface area contributed by atoms with E-state index in [4.69, 9.17) is 0 Å². The van der Waals surface area contributed by atoms with Crippen LogP contribution in [0.25, 0.3) is 0 Å². The van der Waals surface area contributed by atoms with E-state index in [-0.39, 0.29) is 26.6 Å². The molecule has 0 N–H and O–H groups in total. The lowest BCUT2D eigenvalue weighted by Crippen LogP contribution is -2.23. The second-order valence-electron chi connectivity index (χ2n) is 7.46. The summed E-state index contributed by atoms with van der Waals surface area (Å²) in [7, 11) is -8.33. The van der Waals surface area contributed by atoms with Crippen LogP contribution < -0.4 is 0 Å². The van der Waals surface area contributed by atoms with Gasteiger partial charge < -0.3 is 0 Å². The number of sulfone groups is 1. The third kappa shape index (κ3) is 3.94. The summed E-state index contributed by atoms with van der Waals surface area (Å²) in [5.41, 5.74) is 1.99. The highest BCUT2D eigenvalue weighted by Crippen LogP contribution is 2.30. The lowest BCUT2D eigenvalue weighted by Gasteiger charge is -2.18. The van der Waals surface area contributed by atoms with Gasteiger partial charge in [-0.1, -0.05) is 59.7 Å². The van der Waals surface area contributed by atoms with Crippen molar-refractivity contribution >= 4 is 31.4 Å². The highest BCUT2D eigenvalue weighted by molar-refractivity contribution is 7.96. The minimum atomic E-state index is -4.19. The van der Waals surface area contributed by atoms with Gasteiger partial charge in [0.05, 0.1) is 15.5 Å². The van der Waals surface area contributed by atoms with Crippen molar-refractivity contribution in [2.24, 2.45) is 4.40 Å². The highest BCUT2D eigenvalue weighted by Gasteiger charge is 2.34. The Kier molecular flexibility index (Phi) is 5.44. The van der Waals surface area contributed by atoms with E-state index in [2.05, 4.69) is 4.40 Å². The van der Waals surface area contributed by atoms with Crippen LogP contribution in [0.3, 0.4) is 0 Å². The maximum Gasteiger partial charge on any atom is 0.282 e. The van der Waals surface area contributed by atoms with Crippen LogP contribution in [0, 0.1) is 13.8 Å². The average molecular weight is 466 g/mol. The summed E-state index contributed by atoms with van der Waals surface area (Å²) >= 11 is 0. The van der Waals surface area contributed by atoms with Crippen LogP contribution in [0.2, 0.25) is 0 Å². The van der Waals surface area contributed by atoms with Gasteiger partial charge in [0.25, 0.3) is 10.0 Å². The predicted molar refractivity (Wildman–Crippen MR) is 122 cm³/mol. The monoisotopic (exact) mass is 465 g/mol. The van der Waals surface area contributed by atoms with Crippen molar-refractivity contribution in [3.8, 4) is 0 Å². The third-order valence-electron chi connectivity index (χ3n) is 5.10. The summed E-state index contributed by atoms with van der Waals surface area (Å²) in [5.74, 6) is -0.701. The fraction of sp³-hybridized carbons (Fsp3) is 0.0833. The molecular weight excluding hydrogens is 446 g/mol. The molecule has 0 unspecified atom stereocenters. The second kappa shape index (κ2) is 7.96. The molecule has 0 spiro atoms. The minimum absolute atomic E-state index is 0.0266. The van der Waals surface area contributed by atoms with Crippen molar-refractivity contribution in [1.82, 2.24) is 0 Å². The Bertz CT molecular complexity index is 1500. The van der Waals surface area contributed by atoms with E-state index < -0.39 is 30.5 Å². The average Bonchev–Trinajstić information content (AvgIpc) is 2.76. The zero-order valence-electron chi connectivity index (χ0n) is 17.3. The van der Waals surface area contributed by atoms with Crippen molar-refractivity contribution < 1.29 is 21.6 Å². The Balaban J connectivity index is 1.92. The summed E-state index contributed by atoms with van der Waals surface area (Å²) in [4.78, 5) is 12.5. The molecule has 0 aromatic heterocycles. The van der Waals surface area contributed by atoms with Gasteiger partial charge in [-0.3, -0.25) is 4.79 Å². The fourth-order valence-electron chi connectivity index (χ4n) is 3.32. The molecule has 8 heteroatoms. The van der Waals surface area contributed by atoms with E-state index in [0.29, 0.717) is 0 Å². The van der Waals surface area contributed by atoms with Gasteiger partial charge in [-0.25, -0.2) is 8.42 Å². The van der Waals surface area contributed by atoms with E-state index in [1.165, 1.54) is 30.3 Å². The molecule has 32 heavy (non-hydrogen) atoms. The molecule has 0 saturated heterocycles. The lowest BCUT2D eigenvalue weighted by molar-refractivity contribution is 0.104. The second-order valence-corrected chi connectivity index (χ2v) is 11.0. The predicted octanol–water partition coefficient (Wildman–Crippen LogP) is 4.04. The largest absolute Gasteiger partial charge is 0.288 e. The molecule has 0 bridgehead atoms. The normalized spacial score (nSPS) is 15.4. The zero-order valence-corrected chi connectivity index (χ0v) is 18.9. The number of rotatable bonds is 4. The standard InChI is InChI=1S/C24H19NO5S2/c1-16-7-11-18(12-8-16)31(27,28)23-15-22(20-5-3-4-6-21(20)24(23)26)25-32(29,30)19-13-9-17(2)10-14-19/h3-15H,1-2H3/b25-22-. The molecule has 0 aliphatic heterocycles. The van der Waals surface area contributed by atoms with E-state index in [1.807, 2.05) is 13.8 Å². The first-order valence-electron chi connectivity index (χ1n) is 9.69. The molecule has 0 saturated carbocycles. The maximum atomic E-state index is 13.2. The number of carbonyl (C=O) groups is 1. The van der Waals surface area contributed by atoms with Crippen LogP contribution in [-0.4, -0.2) is 28.3 Å². The molecule has 0 heterocycles. The summed E-state index contributed by atoms with van der Waals surface area (Å²) in [6.07, 6.45) is 1.05. The molecule has 3 aromatic rings. The van der Waals surface area contributed by atoms with Gasteiger partial charge >= 0.3 is 0 Å². The quantitative estimate of drug-likeness (QED) is 0.579. The first-order valence-corrected chi connectivity index (χ1v) is 12.6. The van der Waals surface area contributed by atoms with Crippen LogP contribution in [0.5, 0.6) is 0 Å². The van der Waals surface area contributed by atoms with E-state index in [0.717, 1.165) is 17.2 Å². The number of benzene rings is 3. The topological polar surface area (TPSA) is 97.7 Å². The van der Waals surface area contributed by atoms with Crippen LogP contribution in [0.4, 0.5) is 0 Å². The summed E-state index contributed by atoms with van der Waals surface area (Å²) in [5, 5.41) is 0. The Morgan fingerprint density at radius 2 is 1.16 bits per heavy atom. The Morgan fingerprint density at radius 1 is 0.656 bits per heavy atom. The number of carbonyl (C=O) groups excluding carboxylic acids is 1. The van der Waals surface area contributed by atoms with Gasteiger partial charge in [-0.2, -0.15) is 12.8 Å². The molecule has 0 atom stereocenters. The molecule has 1 aliphatic carbocycles. The van der Waals surface area contributed by atoms with Crippen LogP contribution in [0.1, 0.15) is 27.0 Å². The van der Waals surface area contributed by atoms with Gasteiger partial charge in [-0.15, -0.1) is 0 Å². The van der Waals surface area contributed by atoms with Crippen LogP contribution in [0.15, 0.2) is 98.0 Å². The van der Waals surface area contributed by atoms with Gasteiger partial charge in [0.1, 0.15) is 4.91 Å². The van der Waals surface area contributed by atoms with Crippen molar-refractivity contribution in [3.63, 3.8) is 0 Å². The molecule has 6 nitrogen and oxygen atoms in total. The number of fused-ring (bicyclic) bond motifs is 1. The van der Waals surface area contributed by atoms with Gasteiger partial charge in [-0.05, 0) is 44.2 Å². The highest BCUT2D eigenvalue weighted by atomic mass is 32.2. The number of ketones is 1. The van der Waals surface area contributed by atoms with Crippen molar-refractivity contribution in [3.05, 3.63) is 106 Å². The number of nitrogens with zero attached hydrogens (tertiary/aromatic N) is 1. The van der Waals surface area contributed by atoms with Crippen LogP contribution in [-0.2, 0) is 19.9 Å². The number of aryl methyl sites for hydroxylation is 2. The maximum absolute atomic E-state index is 13.2. The van der Waals surface area contributed by atoms with Crippen molar-refractivity contribution in [2.75, 3.05) is 0 Å². The van der Waals surface area contributed by atoms with E-state index >= 15 is 0 Å². The molecule has 4 rings (SSSR count). The summed E-state index contributed by atoms with van der Waals surface area (Å²) in [6.45, 7) is 3.65. The van der Waals surface area contributed by atoms with Crippen LogP contribution >= 0.6 is 0 Å². The van der Waals surface area contributed by atoms with Gasteiger partial charge in [0.15, 0.2) is 0 Å². The van der Waals surface area contributed by atoms with Gasteiger partial charge in [0, 0.05) is 11.1 Å². The lowest BCUT2D eigenvalue weighted by atomic mass is 9.94. The smallest absolute Gasteiger partial charge is 0.282 e. The van der Waals surface area contributed by atoms with E-state index in [9.17, 15) is 21.6 Å². The Hall–Kier alpha value is -3.36. The summed E-state index contributed by atoms with van der Waals surface area (Å²) in [6, 6.07) is 18.5. The molecular formula is C24H19NO5S2. The summed E-state index contributed by atoms with van der Waals surface area (Å²) < 4.78 is 56.2.